The normalized spacial score (nSPS) is 14.7. The lowest BCUT2D eigenvalue weighted by Gasteiger charge is -2.33. The molecular formula is C46H37N. The third kappa shape index (κ3) is 4.09. The Balaban J connectivity index is 1.23. The van der Waals surface area contributed by atoms with Crippen molar-refractivity contribution in [1.82, 2.24) is 0 Å². The fourth-order valence-corrected chi connectivity index (χ4v) is 8.44. The molecule has 0 saturated carbocycles. The standard InChI is InChI=1S/C46H37N/c1-45(2)40-17-9-7-14-36(40)38-27-26-35(29-42(38)45)47(43-19-11-16-39-37-15-8-10-18-41(37)46(3,4)44(39)43)34-24-22-31(23-25-34)33-21-20-30-12-5-6-13-32(30)28-33/h5-29H,1-4H3. The Morgan fingerprint density at radius 1 is 0.383 bits per heavy atom. The minimum atomic E-state index is -0.141. The lowest BCUT2D eigenvalue weighted by atomic mass is 9.81. The van der Waals surface area contributed by atoms with E-state index in [1.54, 1.807) is 0 Å². The average Bonchev–Trinajstić information content (AvgIpc) is 3.48. The van der Waals surface area contributed by atoms with Crippen molar-refractivity contribution in [1.29, 1.82) is 0 Å². The van der Waals surface area contributed by atoms with Gasteiger partial charge in [0.15, 0.2) is 0 Å². The van der Waals surface area contributed by atoms with Gasteiger partial charge < -0.3 is 4.90 Å². The van der Waals surface area contributed by atoms with E-state index >= 15 is 0 Å². The predicted octanol–water partition coefficient (Wildman–Crippen LogP) is 12.6. The Kier molecular flexibility index (Phi) is 5.96. The molecule has 0 amide bonds. The molecule has 2 aliphatic rings. The van der Waals surface area contributed by atoms with Gasteiger partial charge in [-0.1, -0.05) is 143 Å². The quantitative estimate of drug-likeness (QED) is 0.193. The second-order valence-electron chi connectivity index (χ2n) is 14.2. The maximum atomic E-state index is 2.50. The summed E-state index contributed by atoms with van der Waals surface area (Å²) in [4.78, 5) is 2.50. The van der Waals surface area contributed by atoms with Gasteiger partial charge in [0, 0.05) is 22.2 Å². The van der Waals surface area contributed by atoms with E-state index in [1.165, 1.54) is 77.8 Å². The molecule has 9 rings (SSSR count). The van der Waals surface area contributed by atoms with E-state index in [1.807, 2.05) is 0 Å². The van der Waals surface area contributed by atoms with Gasteiger partial charge in [-0.25, -0.2) is 0 Å². The molecule has 226 valence electrons. The SMILES string of the molecule is CC1(C)c2ccccc2-c2ccc(N(c3ccc(-c4ccc5ccccc5c4)cc3)c3cccc4c3C(C)(C)c3ccccc3-4)cc21. The summed E-state index contributed by atoms with van der Waals surface area (Å²) in [5, 5.41) is 2.53. The van der Waals surface area contributed by atoms with E-state index in [9.17, 15) is 0 Å². The predicted molar refractivity (Wildman–Crippen MR) is 199 cm³/mol. The summed E-state index contributed by atoms with van der Waals surface area (Å²) in [7, 11) is 0. The molecule has 0 fully saturated rings. The Morgan fingerprint density at radius 3 is 1.72 bits per heavy atom. The zero-order valence-electron chi connectivity index (χ0n) is 27.4. The second-order valence-corrected chi connectivity index (χ2v) is 14.2. The number of fused-ring (bicyclic) bond motifs is 7. The van der Waals surface area contributed by atoms with Crippen LogP contribution in [0.4, 0.5) is 17.1 Å². The molecule has 0 atom stereocenters. The molecular weight excluding hydrogens is 567 g/mol. The molecule has 1 nitrogen and oxygen atoms in total. The van der Waals surface area contributed by atoms with Crippen molar-refractivity contribution < 1.29 is 0 Å². The van der Waals surface area contributed by atoms with Crippen LogP contribution < -0.4 is 4.90 Å². The molecule has 0 N–H and O–H groups in total. The summed E-state index contributed by atoms with van der Waals surface area (Å²) >= 11 is 0. The largest absolute Gasteiger partial charge is 0.310 e. The van der Waals surface area contributed by atoms with Crippen molar-refractivity contribution in [3.63, 3.8) is 0 Å². The van der Waals surface area contributed by atoms with Gasteiger partial charge in [-0.2, -0.15) is 0 Å². The first-order chi connectivity index (χ1) is 22.8. The van der Waals surface area contributed by atoms with E-state index in [4.69, 9.17) is 0 Å². The highest BCUT2D eigenvalue weighted by Gasteiger charge is 2.40. The minimum absolute atomic E-state index is 0.0817. The van der Waals surface area contributed by atoms with Crippen molar-refractivity contribution in [2.75, 3.05) is 4.90 Å². The lowest BCUT2D eigenvalue weighted by Crippen LogP contribution is -2.21. The van der Waals surface area contributed by atoms with Gasteiger partial charge in [-0.3, -0.25) is 0 Å². The molecule has 1 heteroatoms. The number of benzene rings is 7. The van der Waals surface area contributed by atoms with Crippen molar-refractivity contribution in [2.24, 2.45) is 0 Å². The average molecular weight is 604 g/mol. The van der Waals surface area contributed by atoms with Crippen LogP contribution in [0.2, 0.25) is 0 Å². The third-order valence-electron chi connectivity index (χ3n) is 10.8. The molecule has 0 spiro atoms. The highest BCUT2D eigenvalue weighted by Crippen LogP contribution is 2.55. The zero-order chi connectivity index (χ0) is 31.9. The van der Waals surface area contributed by atoms with Crippen LogP contribution in [0.25, 0.3) is 44.2 Å². The molecule has 7 aromatic carbocycles. The third-order valence-corrected chi connectivity index (χ3v) is 10.8. The van der Waals surface area contributed by atoms with Gasteiger partial charge in [0.05, 0.1) is 5.69 Å². The summed E-state index contributed by atoms with van der Waals surface area (Å²) in [5.41, 5.74) is 16.7. The molecule has 47 heavy (non-hydrogen) atoms. The Labute approximate surface area is 277 Å². The van der Waals surface area contributed by atoms with Crippen LogP contribution in [0, 0.1) is 0 Å². The summed E-state index contributed by atoms with van der Waals surface area (Å²) in [6.45, 7) is 9.49. The van der Waals surface area contributed by atoms with Gasteiger partial charge in [-0.05, 0) is 103 Å². The van der Waals surface area contributed by atoms with Crippen LogP contribution in [0.1, 0.15) is 49.9 Å². The number of anilines is 3. The first kappa shape index (κ1) is 27.9. The molecule has 7 aromatic rings. The summed E-state index contributed by atoms with van der Waals surface area (Å²) in [6.07, 6.45) is 0. The molecule has 0 bridgehead atoms. The number of hydrogen-bond acceptors (Lipinski definition) is 1. The van der Waals surface area contributed by atoms with Crippen molar-refractivity contribution in [3.05, 3.63) is 174 Å². The van der Waals surface area contributed by atoms with Crippen LogP contribution in [-0.2, 0) is 10.8 Å². The summed E-state index contributed by atoms with van der Waals surface area (Å²) in [5.74, 6) is 0. The van der Waals surface area contributed by atoms with Crippen molar-refractivity contribution in [2.45, 2.75) is 38.5 Å². The fraction of sp³-hybridized carbons (Fsp3) is 0.130. The van der Waals surface area contributed by atoms with Crippen LogP contribution in [0.5, 0.6) is 0 Å². The van der Waals surface area contributed by atoms with E-state index in [0.29, 0.717) is 0 Å². The number of hydrogen-bond donors (Lipinski definition) is 0. The van der Waals surface area contributed by atoms with Gasteiger partial charge in [0.1, 0.15) is 0 Å². The smallest absolute Gasteiger partial charge is 0.0508 e. The summed E-state index contributed by atoms with van der Waals surface area (Å²) < 4.78 is 0. The zero-order valence-corrected chi connectivity index (χ0v) is 27.4. The van der Waals surface area contributed by atoms with E-state index in [-0.39, 0.29) is 10.8 Å². The van der Waals surface area contributed by atoms with E-state index in [2.05, 4.69) is 184 Å². The van der Waals surface area contributed by atoms with Crippen molar-refractivity contribution >= 4 is 27.8 Å². The lowest BCUT2D eigenvalue weighted by molar-refractivity contribution is 0.658. The Bertz CT molecular complexity index is 2360. The molecule has 0 saturated heterocycles. The molecule has 0 aliphatic heterocycles. The molecule has 0 heterocycles. The van der Waals surface area contributed by atoms with Crippen LogP contribution in [0.15, 0.2) is 152 Å². The summed E-state index contributed by atoms with van der Waals surface area (Å²) in [6, 6.07) is 56.3. The van der Waals surface area contributed by atoms with Crippen LogP contribution in [-0.4, -0.2) is 0 Å². The van der Waals surface area contributed by atoms with Crippen LogP contribution >= 0.6 is 0 Å². The second kappa shape index (κ2) is 10.0. The monoisotopic (exact) mass is 603 g/mol. The number of rotatable bonds is 4. The van der Waals surface area contributed by atoms with Crippen molar-refractivity contribution in [3.8, 4) is 33.4 Å². The maximum Gasteiger partial charge on any atom is 0.0508 e. The van der Waals surface area contributed by atoms with Gasteiger partial charge >= 0.3 is 0 Å². The Morgan fingerprint density at radius 2 is 0.957 bits per heavy atom. The Hall–Kier alpha value is -5.40. The van der Waals surface area contributed by atoms with Crippen LogP contribution in [0.3, 0.4) is 0 Å². The van der Waals surface area contributed by atoms with Gasteiger partial charge in [0.2, 0.25) is 0 Å². The van der Waals surface area contributed by atoms with E-state index < -0.39 is 0 Å². The highest BCUT2D eigenvalue weighted by molar-refractivity contribution is 5.93. The highest BCUT2D eigenvalue weighted by atomic mass is 15.1. The molecule has 0 radical (unpaired) electrons. The first-order valence-corrected chi connectivity index (χ1v) is 16.7. The molecule has 2 aliphatic carbocycles. The van der Waals surface area contributed by atoms with Gasteiger partial charge in [0.25, 0.3) is 0 Å². The molecule has 0 aromatic heterocycles. The maximum absolute atomic E-state index is 2.50. The number of nitrogens with zero attached hydrogens (tertiary/aromatic N) is 1. The van der Waals surface area contributed by atoms with E-state index in [0.717, 1.165) is 5.69 Å². The topological polar surface area (TPSA) is 3.24 Å². The molecule has 0 unspecified atom stereocenters. The minimum Gasteiger partial charge on any atom is -0.310 e. The first-order valence-electron chi connectivity index (χ1n) is 16.7. The van der Waals surface area contributed by atoms with Gasteiger partial charge in [-0.15, -0.1) is 0 Å². The fourth-order valence-electron chi connectivity index (χ4n) is 8.44.